The van der Waals surface area contributed by atoms with Crippen molar-refractivity contribution in [1.29, 1.82) is 0 Å². The molecule has 31 heavy (non-hydrogen) atoms. The third kappa shape index (κ3) is 2.63. The Balaban J connectivity index is 1.57. The largest absolute Gasteiger partial charge is 0.449 e. The summed E-state index contributed by atoms with van der Waals surface area (Å²) < 4.78 is 11.1. The fraction of sp³-hybridized carbons (Fsp3) is 0.500. The summed E-state index contributed by atoms with van der Waals surface area (Å²) in [4.78, 5) is 45.8. The molecule has 0 unspecified atom stereocenters. The summed E-state index contributed by atoms with van der Waals surface area (Å²) >= 11 is 1.41. The van der Waals surface area contributed by atoms with E-state index >= 15 is 0 Å². The first-order chi connectivity index (χ1) is 14.7. The third-order valence-corrected chi connectivity index (χ3v) is 7.68. The predicted octanol–water partition coefficient (Wildman–Crippen LogP) is 0.576. The number of aromatic nitrogens is 1. The number of nitrogens with zero attached hydrogens (tertiary/aromatic N) is 2. The highest BCUT2D eigenvalue weighted by Gasteiger charge is 2.72. The van der Waals surface area contributed by atoms with Crippen molar-refractivity contribution in [1.82, 2.24) is 15.2 Å². The van der Waals surface area contributed by atoms with Crippen molar-refractivity contribution < 1.29 is 23.9 Å². The van der Waals surface area contributed by atoms with E-state index in [0.29, 0.717) is 28.5 Å². The highest BCUT2D eigenvalue weighted by atomic mass is 32.1. The SMILES string of the molecule is CO[C@@]12[C@H](COC(N)=O)C3=C(C(=O)C(C)=C(Nc4nc(C)c(C)s4)C3=O)N1C[C@@H]1N[C@@H]12. The van der Waals surface area contributed by atoms with Gasteiger partial charge in [0.05, 0.1) is 29.0 Å². The van der Waals surface area contributed by atoms with Gasteiger partial charge < -0.3 is 30.7 Å². The molecule has 11 heteroatoms. The highest BCUT2D eigenvalue weighted by molar-refractivity contribution is 7.15. The zero-order valence-corrected chi connectivity index (χ0v) is 18.4. The van der Waals surface area contributed by atoms with Gasteiger partial charge in [-0.2, -0.15) is 0 Å². The number of primary amides is 1. The quantitative estimate of drug-likeness (QED) is 0.437. The van der Waals surface area contributed by atoms with E-state index in [2.05, 4.69) is 15.6 Å². The Hall–Kier alpha value is -2.76. The number of methoxy groups -OCH3 is 1. The van der Waals surface area contributed by atoms with E-state index in [0.717, 1.165) is 10.6 Å². The molecular formula is C20H23N5O5S. The molecule has 4 atom stereocenters. The van der Waals surface area contributed by atoms with Crippen LogP contribution in [0.1, 0.15) is 17.5 Å². The Morgan fingerprint density at radius 3 is 2.71 bits per heavy atom. The molecular weight excluding hydrogens is 422 g/mol. The number of Topliss-reactive ketones (excluding diaryl/α,β-unsaturated/α-hetero) is 2. The molecule has 0 aromatic carbocycles. The molecule has 1 aliphatic carbocycles. The molecule has 164 valence electrons. The number of carbonyl (C=O) groups is 3. The highest BCUT2D eigenvalue weighted by Crippen LogP contribution is 2.55. The molecule has 4 aliphatic rings. The van der Waals surface area contributed by atoms with Crippen LogP contribution in [0.15, 0.2) is 22.5 Å². The van der Waals surface area contributed by atoms with Crippen molar-refractivity contribution in [3.8, 4) is 0 Å². The molecule has 5 rings (SSSR count). The maximum absolute atomic E-state index is 13.7. The zero-order valence-electron chi connectivity index (χ0n) is 17.6. The van der Waals surface area contributed by atoms with Crippen LogP contribution in [0.5, 0.6) is 0 Å². The summed E-state index contributed by atoms with van der Waals surface area (Å²) in [5.74, 6) is -1.23. The number of anilines is 1. The number of ether oxygens (including phenoxy) is 2. The number of hydrogen-bond donors (Lipinski definition) is 3. The molecule has 4 N–H and O–H groups in total. The Bertz CT molecular complexity index is 1090. The van der Waals surface area contributed by atoms with Gasteiger partial charge in [0, 0.05) is 35.7 Å². The van der Waals surface area contributed by atoms with Crippen LogP contribution >= 0.6 is 11.3 Å². The van der Waals surface area contributed by atoms with Crippen LogP contribution in [0.3, 0.4) is 0 Å². The fourth-order valence-electron chi connectivity index (χ4n) is 5.07. The van der Waals surface area contributed by atoms with Gasteiger partial charge in [-0.3, -0.25) is 9.59 Å². The first-order valence-corrected chi connectivity index (χ1v) is 10.8. The minimum Gasteiger partial charge on any atom is -0.449 e. The van der Waals surface area contributed by atoms with E-state index < -0.39 is 17.7 Å². The molecule has 10 nitrogen and oxygen atoms in total. The number of amides is 1. The van der Waals surface area contributed by atoms with Gasteiger partial charge in [-0.05, 0) is 20.8 Å². The van der Waals surface area contributed by atoms with Gasteiger partial charge in [-0.15, -0.1) is 11.3 Å². The Kier molecular flexibility index (Phi) is 4.30. The summed E-state index contributed by atoms with van der Waals surface area (Å²) in [5, 5.41) is 6.94. The van der Waals surface area contributed by atoms with Gasteiger partial charge in [-0.25, -0.2) is 9.78 Å². The van der Waals surface area contributed by atoms with Crippen molar-refractivity contribution in [2.45, 2.75) is 38.6 Å². The molecule has 1 aromatic heterocycles. The van der Waals surface area contributed by atoms with Gasteiger partial charge in [0.1, 0.15) is 6.61 Å². The maximum Gasteiger partial charge on any atom is 0.404 e. The van der Waals surface area contributed by atoms with Crippen LogP contribution in [0.2, 0.25) is 0 Å². The lowest BCUT2D eigenvalue weighted by Gasteiger charge is -2.39. The van der Waals surface area contributed by atoms with E-state index in [-0.39, 0.29) is 36.0 Å². The van der Waals surface area contributed by atoms with E-state index in [1.807, 2.05) is 18.7 Å². The van der Waals surface area contributed by atoms with Crippen LogP contribution in [-0.4, -0.2) is 65.6 Å². The summed E-state index contributed by atoms with van der Waals surface area (Å²) in [7, 11) is 1.54. The maximum atomic E-state index is 13.7. The normalized spacial score (nSPS) is 31.1. The molecule has 0 bridgehead atoms. The van der Waals surface area contributed by atoms with Crippen LogP contribution in [0.4, 0.5) is 9.93 Å². The topological polar surface area (TPSA) is 146 Å². The second kappa shape index (κ2) is 6.62. The summed E-state index contributed by atoms with van der Waals surface area (Å²) in [6.45, 7) is 5.83. The van der Waals surface area contributed by atoms with Gasteiger partial charge in [0.15, 0.2) is 10.9 Å². The number of nitrogens with two attached hydrogens (primary N) is 1. The Labute approximate surface area is 182 Å². The standard InChI is InChI=1S/C20H23N5O5S/c1-7-13(24-19-22-8(2)9(3)31-19)16(27)12-10(6-30-18(21)28)20(29-4)17-11(23-17)5-25(20)14(12)15(7)26/h10-11,17,23H,5-6H2,1-4H3,(H2,21,28)(H,22,24)/t10-,11+,17+,20-/m1/s1. The lowest BCUT2D eigenvalue weighted by atomic mass is 9.82. The third-order valence-electron chi connectivity index (χ3n) is 6.69. The average Bonchev–Trinajstić information content (AvgIpc) is 3.20. The number of aryl methyl sites for hydroxylation is 2. The van der Waals surface area contributed by atoms with Gasteiger partial charge >= 0.3 is 6.09 Å². The number of nitrogens with one attached hydrogen (secondary N) is 2. The van der Waals surface area contributed by atoms with Crippen molar-refractivity contribution in [2.75, 3.05) is 25.6 Å². The van der Waals surface area contributed by atoms with Gasteiger partial charge in [-0.1, -0.05) is 0 Å². The van der Waals surface area contributed by atoms with Crippen LogP contribution in [0.25, 0.3) is 0 Å². The number of fused-ring (bicyclic) bond motifs is 4. The first kappa shape index (κ1) is 20.2. The first-order valence-electron chi connectivity index (χ1n) is 9.97. The van der Waals surface area contributed by atoms with E-state index in [1.165, 1.54) is 11.3 Å². The molecule has 0 saturated carbocycles. The van der Waals surface area contributed by atoms with Gasteiger partial charge in [0.25, 0.3) is 0 Å². The lowest BCUT2D eigenvalue weighted by Crippen LogP contribution is -2.55. The zero-order chi connectivity index (χ0) is 22.2. The summed E-state index contributed by atoms with van der Waals surface area (Å²) in [5.41, 5.74) is 6.21. The Morgan fingerprint density at radius 1 is 1.35 bits per heavy atom. The number of allylic oxidation sites excluding steroid dienone is 2. The number of carbonyl (C=O) groups excluding carboxylic acids is 3. The summed E-state index contributed by atoms with van der Waals surface area (Å²) in [6, 6.07) is 0.0733. The number of ketones is 2. The van der Waals surface area contributed by atoms with Crippen molar-refractivity contribution in [3.05, 3.63) is 33.1 Å². The van der Waals surface area contributed by atoms with Crippen LogP contribution < -0.4 is 16.4 Å². The smallest absolute Gasteiger partial charge is 0.404 e. The molecule has 0 spiro atoms. The molecule has 2 fully saturated rings. The number of hydrogen-bond acceptors (Lipinski definition) is 10. The predicted molar refractivity (Wildman–Crippen MR) is 111 cm³/mol. The lowest BCUT2D eigenvalue weighted by molar-refractivity contribution is -0.137. The van der Waals surface area contributed by atoms with Crippen molar-refractivity contribution >= 4 is 34.1 Å². The van der Waals surface area contributed by atoms with Crippen LogP contribution in [-0.2, 0) is 19.1 Å². The average molecular weight is 446 g/mol. The van der Waals surface area contributed by atoms with Crippen molar-refractivity contribution in [3.63, 3.8) is 0 Å². The van der Waals surface area contributed by atoms with E-state index in [9.17, 15) is 14.4 Å². The van der Waals surface area contributed by atoms with E-state index in [1.54, 1.807) is 14.0 Å². The second-order valence-electron chi connectivity index (χ2n) is 8.21. The molecule has 4 heterocycles. The van der Waals surface area contributed by atoms with Crippen molar-refractivity contribution in [2.24, 2.45) is 11.7 Å². The monoisotopic (exact) mass is 445 g/mol. The number of piperazine rings is 1. The molecule has 1 aromatic rings. The summed E-state index contributed by atoms with van der Waals surface area (Å²) in [6.07, 6.45) is -0.946. The Morgan fingerprint density at radius 2 is 2.10 bits per heavy atom. The van der Waals surface area contributed by atoms with Gasteiger partial charge in [0.2, 0.25) is 11.6 Å². The van der Waals surface area contributed by atoms with E-state index in [4.69, 9.17) is 15.2 Å². The van der Waals surface area contributed by atoms with Crippen LogP contribution in [0, 0.1) is 19.8 Å². The number of rotatable bonds is 5. The molecule has 1 amide bonds. The second-order valence-corrected chi connectivity index (χ2v) is 9.41. The molecule has 3 aliphatic heterocycles. The molecule has 2 saturated heterocycles. The minimum absolute atomic E-state index is 0.0776. The fourth-order valence-corrected chi connectivity index (χ4v) is 5.89. The minimum atomic E-state index is -0.986. The number of thiazole rings is 1. The molecule has 0 radical (unpaired) electrons.